The van der Waals surface area contributed by atoms with Gasteiger partial charge < -0.3 is 20.1 Å². The molecule has 1 aromatic rings. The second-order valence-electron chi connectivity index (χ2n) is 4.97. The zero-order valence-corrected chi connectivity index (χ0v) is 11.5. The lowest BCUT2D eigenvalue weighted by Crippen LogP contribution is -2.45. The predicted octanol–water partition coefficient (Wildman–Crippen LogP) is -0.372. The molecule has 0 unspecified atom stereocenters. The summed E-state index contributed by atoms with van der Waals surface area (Å²) in [6, 6.07) is 9.53. The Kier molecular flexibility index (Phi) is 7.14. The van der Waals surface area contributed by atoms with Crippen LogP contribution in [0.5, 0.6) is 0 Å². The average molecular weight is 264 g/mol. The van der Waals surface area contributed by atoms with Crippen molar-refractivity contribution in [3.05, 3.63) is 42.0 Å². The van der Waals surface area contributed by atoms with E-state index in [0.29, 0.717) is 4.48 Å². The molecule has 0 fully saturated rings. The molecule has 5 nitrogen and oxygen atoms in total. The second kappa shape index (κ2) is 8.05. The summed E-state index contributed by atoms with van der Waals surface area (Å²) in [7, 11) is 5.40. The fraction of sp³-hybridized carbons (Fsp3) is 0.286. The van der Waals surface area contributed by atoms with Gasteiger partial charge in [0.25, 0.3) is 0 Å². The number of rotatable bonds is 4. The Bertz CT molecular complexity index is 434. The summed E-state index contributed by atoms with van der Waals surface area (Å²) in [4.78, 5) is 20.2. The van der Waals surface area contributed by atoms with Crippen LogP contribution in [0.3, 0.4) is 0 Å². The lowest BCUT2D eigenvalue weighted by molar-refractivity contribution is -0.864. The molecule has 1 aromatic carbocycles. The fourth-order valence-corrected chi connectivity index (χ4v) is 1.13. The van der Waals surface area contributed by atoms with Crippen LogP contribution in [0, 0.1) is 0 Å². The van der Waals surface area contributed by atoms with E-state index in [1.54, 1.807) is 27.2 Å². The Morgan fingerprint density at radius 1 is 1.21 bits per heavy atom. The number of amides is 1. The Morgan fingerprint density at radius 2 is 1.74 bits per heavy atom. The molecule has 0 saturated heterocycles. The molecule has 0 aliphatic rings. The van der Waals surface area contributed by atoms with Gasteiger partial charge in [0.1, 0.15) is 6.54 Å². The van der Waals surface area contributed by atoms with Crippen LogP contribution < -0.4 is 10.8 Å². The van der Waals surface area contributed by atoms with Gasteiger partial charge in [-0.2, -0.15) is 0 Å². The predicted molar refractivity (Wildman–Crippen MR) is 72.6 cm³/mol. The number of carbonyl (C=O) groups is 2. The molecule has 1 amide bonds. The first-order valence-electron chi connectivity index (χ1n) is 5.73. The first-order valence-corrected chi connectivity index (χ1v) is 5.73. The van der Waals surface area contributed by atoms with E-state index in [1.807, 2.05) is 30.3 Å². The van der Waals surface area contributed by atoms with E-state index in [1.165, 1.54) is 6.08 Å². The lowest BCUT2D eigenvalue weighted by atomic mass is 10.2. The maximum Gasteiger partial charge on any atom is 0.241 e. The molecule has 0 radical (unpaired) electrons. The van der Waals surface area contributed by atoms with Crippen molar-refractivity contribution in [3.63, 3.8) is 0 Å². The number of carboxylic acids is 1. The minimum absolute atomic E-state index is 0.0694. The van der Waals surface area contributed by atoms with Crippen molar-refractivity contribution in [1.29, 1.82) is 0 Å². The van der Waals surface area contributed by atoms with Gasteiger partial charge >= 0.3 is 0 Å². The van der Waals surface area contributed by atoms with Crippen LogP contribution in [-0.4, -0.2) is 44.0 Å². The molecule has 0 aliphatic heterocycles. The summed E-state index contributed by atoms with van der Waals surface area (Å²) in [6.45, 7) is 0.0694. The highest BCUT2D eigenvalue weighted by Gasteiger charge is 2.04. The minimum Gasteiger partial charge on any atom is -0.544 e. The summed E-state index contributed by atoms with van der Waals surface area (Å²) in [5.41, 5.74) is 5.89. The zero-order valence-electron chi connectivity index (χ0n) is 11.5. The largest absolute Gasteiger partial charge is 0.544 e. The number of hydrogen-bond acceptors (Lipinski definition) is 3. The molecule has 0 aliphatic carbocycles. The van der Waals surface area contributed by atoms with Gasteiger partial charge in [-0.25, -0.2) is 0 Å². The van der Waals surface area contributed by atoms with E-state index in [-0.39, 0.29) is 6.54 Å². The van der Waals surface area contributed by atoms with Crippen molar-refractivity contribution in [2.45, 2.75) is 0 Å². The van der Waals surface area contributed by atoms with Gasteiger partial charge in [-0.1, -0.05) is 30.3 Å². The normalized spacial score (nSPS) is 10.7. The first-order chi connectivity index (χ1) is 8.70. The number of primary amides is 1. The topological polar surface area (TPSA) is 83.2 Å². The van der Waals surface area contributed by atoms with Crippen molar-refractivity contribution in [2.75, 3.05) is 27.7 Å². The molecular formula is C14H20N2O3. The smallest absolute Gasteiger partial charge is 0.241 e. The summed E-state index contributed by atoms with van der Waals surface area (Å²) >= 11 is 0. The van der Waals surface area contributed by atoms with Crippen molar-refractivity contribution >= 4 is 18.0 Å². The van der Waals surface area contributed by atoms with Gasteiger partial charge in [0.2, 0.25) is 5.91 Å². The van der Waals surface area contributed by atoms with E-state index in [2.05, 4.69) is 0 Å². The number of benzene rings is 1. The van der Waals surface area contributed by atoms with E-state index in [9.17, 15) is 14.7 Å². The maximum absolute atomic E-state index is 10.3. The summed E-state index contributed by atoms with van der Waals surface area (Å²) in [6.07, 6.45) is 3.03. The van der Waals surface area contributed by atoms with Gasteiger partial charge in [0.15, 0.2) is 0 Å². The van der Waals surface area contributed by atoms with Crippen LogP contribution in [0.2, 0.25) is 0 Å². The number of carbonyl (C=O) groups excluding carboxylic acids is 2. The van der Waals surface area contributed by atoms with Crippen LogP contribution in [0.15, 0.2) is 36.4 Å². The molecule has 0 saturated carbocycles. The summed E-state index contributed by atoms with van der Waals surface area (Å²) in [5, 5.41) is 9.89. The van der Waals surface area contributed by atoms with E-state index < -0.39 is 11.9 Å². The monoisotopic (exact) mass is 264 g/mol. The van der Waals surface area contributed by atoms with Crippen molar-refractivity contribution < 1.29 is 19.2 Å². The third kappa shape index (κ3) is 12.1. The number of hydrogen-bond donors (Lipinski definition) is 1. The third-order valence-electron chi connectivity index (χ3n) is 1.84. The van der Waals surface area contributed by atoms with Crippen molar-refractivity contribution in [3.8, 4) is 0 Å². The molecule has 0 aromatic heterocycles. The quantitative estimate of drug-likeness (QED) is 0.595. The fourth-order valence-electron chi connectivity index (χ4n) is 1.13. The number of quaternary nitrogens is 1. The Labute approximate surface area is 113 Å². The summed E-state index contributed by atoms with van der Waals surface area (Å²) in [5.74, 6) is -1.42. The Balaban J connectivity index is 0.000000362. The number of nitrogens with zero attached hydrogens (tertiary/aromatic N) is 1. The van der Waals surface area contributed by atoms with Crippen LogP contribution in [0.1, 0.15) is 5.56 Å². The molecule has 0 spiro atoms. The number of likely N-dealkylation sites (N-methyl/N-ethyl adjacent to an activating group) is 1. The van der Waals surface area contributed by atoms with E-state index in [4.69, 9.17) is 5.73 Å². The summed E-state index contributed by atoms with van der Waals surface area (Å²) < 4.78 is 0.419. The van der Waals surface area contributed by atoms with Gasteiger partial charge in [0, 0.05) is 6.08 Å². The van der Waals surface area contributed by atoms with Crippen LogP contribution in [0.25, 0.3) is 6.08 Å². The Hall–Kier alpha value is -2.14. The second-order valence-corrected chi connectivity index (χ2v) is 4.97. The Morgan fingerprint density at radius 3 is 2.05 bits per heavy atom. The van der Waals surface area contributed by atoms with Crippen LogP contribution in [0.4, 0.5) is 0 Å². The van der Waals surface area contributed by atoms with Gasteiger partial charge in [0.05, 0.1) is 27.1 Å². The van der Waals surface area contributed by atoms with Crippen LogP contribution in [-0.2, 0) is 9.59 Å². The highest BCUT2D eigenvalue weighted by molar-refractivity contribution is 5.90. The molecule has 104 valence electrons. The third-order valence-corrected chi connectivity index (χ3v) is 1.84. The zero-order chi connectivity index (χ0) is 14.9. The molecule has 2 N–H and O–H groups in total. The number of aliphatic carboxylic acids is 1. The van der Waals surface area contributed by atoms with Crippen molar-refractivity contribution in [2.24, 2.45) is 5.73 Å². The molecule has 5 heteroatoms. The van der Waals surface area contributed by atoms with Crippen LogP contribution >= 0.6 is 0 Å². The molecular weight excluding hydrogens is 244 g/mol. The van der Waals surface area contributed by atoms with Gasteiger partial charge in [-0.05, 0) is 11.6 Å². The number of carboxylic acid groups (broad SMARTS) is 1. The lowest BCUT2D eigenvalue weighted by Gasteiger charge is -2.23. The standard InChI is InChI=1S/C9H9NO.C5H11NO2/c10-9(11)7-6-8-4-2-1-3-5-8;1-6(2,3)4-5(7)8/h1-7H,(H2,10,11);4H2,1-3H3/b7-6+;. The molecule has 0 atom stereocenters. The maximum atomic E-state index is 10.3. The minimum atomic E-state index is -1.00. The average Bonchev–Trinajstić information content (AvgIpc) is 2.25. The van der Waals surface area contributed by atoms with Gasteiger partial charge in [-0.3, -0.25) is 4.79 Å². The van der Waals surface area contributed by atoms with Crippen molar-refractivity contribution in [1.82, 2.24) is 0 Å². The highest BCUT2D eigenvalue weighted by atomic mass is 16.4. The number of nitrogens with two attached hydrogens (primary N) is 1. The molecule has 0 heterocycles. The van der Waals surface area contributed by atoms with E-state index in [0.717, 1.165) is 5.56 Å². The molecule has 0 bridgehead atoms. The van der Waals surface area contributed by atoms with E-state index >= 15 is 0 Å². The first kappa shape index (κ1) is 16.9. The SMILES string of the molecule is C[N+](C)(C)CC(=O)[O-].NC(=O)/C=C/c1ccccc1. The van der Waals surface area contributed by atoms with Gasteiger partial charge in [-0.15, -0.1) is 0 Å². The molecule has 19 heavy (non-hydrogen) atoms. The molecule has 1 rings (SSSR count). The highest BCUT2D eigenvalue weighted by Crippen LogP contribution is 1.99.